The molecule has 1 amide bonds. The number of halogens is 1. The summed E-state index contributed by atoms with van der Waals surface area (Å²) in [4.78, 5) is 12.1. The summed E-state index contributed by atoms with van der Waals surface area (Å²) < 4.78 is 13.9. The Balaban J connectivity index is 1.96. The van der Waals surface area contributed by atoms with Crippen molar-refractivity contribution in [1.82, 2.24) is 10.6 Å². The Morgan fingerprint density at radius 1 is 1.21 bits per heavy atom. The van der Waals surface area contributed by atoms with Crippen molar-refractivity contribution in [2.24, 2.45) is 0 Å². The van der Waals surface area contributed by atoms with E-state index in [1.807, 2.05) is 7.05 Å². The monoisotopic (exact) mass is 264 g/mol. The van der Waals surface area contributed by atoms with Crippen LogP contribution in [0.4, 0.5) is 4.39 Å². The van der Waals surface area contributed by atoms with Gasteiger partial charge in [0.15, 0.2) is 0 Å². The van der Waals surface area contributed by atoms with Gasteiger partial charge >= 0.3 is 0 Å². The Kier molecular flexibility index (Phi) is 4.53. The second kappa shape index (κ2) is 6.15. The Labute approximate surface area is 113 Å². The van der Waals surface area contributed by atoms with Crippen LogP contribution in [-0.4, -0.2) is 25.0 Å². The van der Waals surface area contributed by atoms with E-state index in [0.29, 0.717) is 11.6 Å². The van der Waals surface area contributed by atoms with Crippen LogP contribution in [0.5, 0.6) is 0 Å². The van der Waals surface area contributed by atoms with Crippen LogP contribution in [0.2, 0.25) is 0 Å². The van der Waals surface area contributed by atoms with Crippen molar-refractivity contribution in [3.8, 4) is 0 Å². The number of amides is 1. The van der Waals surface area contributed by atoms with Crippen LogP contribution >= 0.6 is 0 Å². The van der Waals surface area contributed by atoms with Crippen molar-refractivity contribution in [2.45, 2.75) is 44.7 Å². The average molecular weight is 264 g/mol. The summed E-state index contributed by atoms with van der Waals surface area (Å²) in [6.45, 7) is 1.67. The summed E-state index contributed by atoms with van der Waals surface area (Å²) in [6.07, 6.45) is 4.00. The molecule has 1 saturated carbocycles. The van der Waals surface area contributed by atoms with Crippen molar-refractivity contribution in [3.05, 3.63) is 35.1 Å². The van der Waals surface area contributed by atoms with Gasteiger partial charge in [-0.3, -0.25) is 4.79 Å². The molecule has 0 unspecified atom stereocenters. The molecule has 3 nitrogen and oxygen atoms in total. The third-order valence-electron chi connectivity index (χ3n) is 3.91. The first-order valence-electron chi connectivity index (χ1n) is 6.85. The molecule has 2 N–H and O–H groups in total. The molecule has 0 aromatic heterocycles. The minimum absolute atomic E-state index is 0.149. The second-order valence-electron chi connectivity index (χ2n) is 5.25. The average Bonchev–Trinajstić information content (AvgIpc) is 2.42. The zero-order valence-corrected chi connectivity index (χ0v) is 11.5. The van der Waals surface area contributed by atoms with Crippen LogP contribution in [0.15, 0.2) is 18.2 Å². The third kappa shape index (κ3) is 3.32. The van der Waals surface area contributed by atoms with E-state index >= 15 is 0 Å². The minimum Gasteiger partial charge on any atom is -0.349 e. The zero-order chi connectivity index (χ0) is 13.8. The molecule has 2 rings (SSSR count). The first-order chi connectivity index (χ1) is 9.11. The predicted octanol–water partition coefficient (Wildman–Crippen LogP) is 2.39. The number of carbonyl (C=O) groups is 1. The van der Waals surface area contributed by atoms with Crippen LogP contribution in [0.3, 0.4) is 0 Å². The number of rotatable bonds is 3. The van der Waals surface area contributed by atoms with Gasteiger partial charge in [-0.15, -0.1) is 0 Å². The van der Waals surface area contributed by atoms with Crippen molar-refractivity contribution >= 4 is 5.91 Å². The highest BCUT2D eigenvalue weighted by atomic mass is 19.1. The molecule has 104 valence electrons. The lowest BCUT2D eigenvalue weighted by atomic mass is 9.91. The SMILES string of the molecule is CNC1CCC(NC(=O)c2cccc(C)c2F)CC1. The highest BCUT2D eigenvalue weighted by Gasteiger charge is 2.22. The number of carbonyl (C=O) groups excluding carboxylic acids is 1. The normalized spacial score (nSPS) is 23.1. The summed E-state index contributed by atoms with van der Waals surface area (Å²) in [5.41, 5.74) is 0.655. The molecule has 0 aliphatic heterocycles. The van der Waals surface area contributed by atoms with Gasteiger partial charge in [0.05, 0.1) is 5.56 Å². The zero-order valence-electron chi connectivity index (χ0n) is 11.5. The van der Waals surface area contributed by atoms with Gasteiger partial charge in [0.2, 0.25) is 0 Å². The molecule has 1 aromatic carbocycles. The van der Waals surface area contributed by atoms with Crippen molar-refractivity contribution in [2.75, 3.05) is 7.05 Å². The summed E-state index contributed by atoms with van der Waals surface area (Å²) in [6, 6.07) is 5.63. The van der Waals surface area contributed by atoms with Crippen molar-refractivity contribution in [3.63, 3.8) is 0 Å². The standard InChI is InChI=1S/C15H21FN2O/c1-10-4-3-5-13(14(10)16)15(19)18-12-8-6-11(17-2)7-9-12/h3-5,11-12,17H,6-9H2,1-2H3,(H,18,19). The van der Waals surface area contributed by atoms with Gasteiger partial charge in [0.1, 0.15) is 5.82 Å². The van der Waals surface area contributed by atoms with E-state index in [1.165, 1.54) is 6.07 Å². The highest BCUT2D eigenvalue weighted by Crippen LogP contribution is 2.19. The largest absolute Gasteiger partial charge is 0.349 e. The Hall–Kier alpha value is -1.42. The Morgan fingerprint density at radius 2 is 1.84 bits per heavy atom. The van der Waals surface area contributed by atoms with Gasteiger partial charge in [-0.1, -0.05) is 12.1 Å². The molecule has 0 heterocycles. The second-order valence-corrected chi connectivity index (χ2v) is 5.25. The molecule has 1 aliphatic carbocycles. The predicted molar refractivity (Wildman–Crippen MR) is 73.7 cm³/mol. The van der Waals surface area contributed by atoms with Gasteiger partial charge in [-0.25, -0.2) is 4.39 Å². The lowest BCUT2D eigenvalue weighted by molar-refractivity contribution is 0.0920. The number of hydrogen-bond donors (Lipinski definition) is 2. The maximum absolute atomic E-state index is 13.9. The number of nitrogens with one attached hydrogen (secondary N) is 2. The fourth-order valence-electron chi connectivity index (χ4n) is 2.61. The fraction of sp³-hybridized carbons (Fsp3) is 0.533. The number of aryl methyl sites for hydroxylation is 1. The first kappa shape index (κ1) is 14.0. The summed E-state index contributed by atoms with van der Waals surface area (Å²) in [5.74, 6) is -0.710. The Morgan fingerprint density at radius 3 is 2.47 bits per heavy atom. The molecule has 0 bridgehead atoms. The molecule has 0 radical (unpaired) electrons. The van der Waals surface area contributed by atoms with Crippen LogP contribution in [-0.2, 0) is 0 Å². The van der Waals surface area contributed by atoms with E-state index < -0.39 is 5.82 Å². The first-order valence-corrected chi connectivity index (χ1v) is 6.85. The maximum Gasteiger partial charge on any atom is 0.254 e. The lowest BCUT2D eigenvalue weighted by Crippen LogP contribution is -2.41. The summed E-state index contributed by atoms with van der Waals surface area (Å²) in [7, 11) is 1.96. The molecule has 0 atom stereocenters. The molecule has 0 saturated heterocycles. The van der Waals surface area contributed by atoms with Gasteiger partial charge in [0.25, 0.3) is 5.91 Å². The Bertz CT molecular complexity index is 453. The number of hydrogen-bond acceptors (Lipinski definition) is 2. The molecular weight excluding hydrogens is 243 g/mol. The van der Waals surface area contributed by atoms with E-state index in [1.54, 1.807) is 19.1 Å². The van der Waals surface area contributed by atoms with E-state index in [4.69, 9.17) is 0 Å². The van der Waals surface area contributed by atoms with Crippen molar-refractivity contribution in [1.29, 1.82) is 0 Å². The van der Waals surface area contributed by atoms with Crippen LogP contribution < -0.4 is 10.6 Å². The van der Waals surface area contributed by atoms with Crippen molar-refractivity contribution < 1.29 is 9.18 Å². The fourth-order valence-corrected chi connectivity index (χ4v) is 2.61. The summed E-state index contributed by atoms with van der Waals surface area (Å²) >= 11 is 0. The highest BCUT2D eigenvalue weighted by molar-refractivity contribution is 5.94. The van der Waals surface area contributed by atoms with E-state index in [2.05, 4.69) is 10.6 Å². The smallest absolute Gasteiger partial charge is 0.254 e. The maximum atomic E-state index is 13.9. The lowest BCUT2D eigenvalue weighted by Gasteiger charge is -2.28. The van der Waals surface area contributed by atoms with Gasteiger partial charge < -0.3 is 10.6 Å². The van der Waals surface area contributed by atoms with Gasteiger partial charge in [0, 0.05) is 12.1 Å². The molecule has 1 fully saturated rings. The van der Waals surface area contributed by atoms with Crippen LogP contribution in [0.25, 0.3) is 0 Å². The van der Waals surface area contributed by atoms with Gasteiger partial charge in [-0.05, 0) is 51.3 Å². The molecule has 1 aliphatic rings. The quantitative estimate of drug-likeness (QED) is 0.880. The molecule has 19 heavy (non-hydrogen) atoms. The van der Waals surface area contributed by atoms with Crippen LogP contribution in [0.1, 0.15) is 41.6 Å². The molecule has 1 aromatic rings. The van der Waals surface area contributed by atoms with Gasteiger partial charge in [-0.2, -0.15) is 0 Å². The van der Waals surface area contributed by atoms with E-state index in [9.17, 15) is 9.18 Å². The number of benzene rings is 1. The minimum atomic E-state index is -0.413. The molecule has 0 spiro atoms. The van der Waals surface area contributed by atoms with E-state index in [-0.39, 0.29) is 17.5 Å². The molecular formula is C15H21FN2O. The topological polar surface area (TPSA) is 41.1 Å². The van der Waals surface area contributed by atoms with Crippen LogP contribution in [0, 0.1) is 12.7 Å². The third-order valence-corrected chi connectivity index (χ3v) is 3.91. The molecule has 4 heteroatoms. The van der Waals surface area contributed by atoms with E-state index in [0.717, 1.165) is 25.7 Å². The summed E-state index contributed by atoms with van der Waals surface area (Å²) in [5, 5.41) is 6.19.